The summed E-state index contributed by atoms with van der Waals surface area (Å²) in [6.45, 7) is 3.88. The van der Waals surface area contributed by atoms with Crippen LogP contribution in [-0.4, -0.2) is 18.0 Å². The highest BCUT2D eigenvalue weighted by Crippen LogP contribution is 2.40. The van der Waals surface area contributed by atoms with E-state index < -0.39 is 0 Å². The van der Waals surface area contributed by atoms with Crippen LogP contribution in [0.25, 0.3) is 38.6 Å². The Balaban J connectivity index is 1.55. The van der Waals surface area contributed by atoms with E-state index in [1.807, 2.05) is 68.4 Å². The van der Waals surface area contributed by atoms with Gasteiger partial charge in [0.1, 0.15) is 11.3 Å². The van der Waals surface area contributed by atoms with Gasteiger partial charge in [-0.15, -0.1) is 0 Å². The zero-order chi connectivity index (χ0) is 23.7. The molecule has 0 unspecified atom stereocenters. The van der Waals surface area contributed by atoms with Gasteiger partial charge >= 0.3 is 0 Å². The zero-order valence-corrected chi connectivity index (χ0v) is 19.3. The molecule has 0 radical (unpaired) electrons. The molecule has 1 amide bonds. The molecule has 0 spiro atoms. The SMILES string of the molecule is COc1c(/C(C)=C/C(=O)Nc2cccc3ncccc23)cc2c(-c3ccccc3)coc2c1C. The van der Waals surface area contributed by atoms with Crippen molar-refractivity contribution in [3.8, 4) is 16.9 Å². The number of nitrogens with one attached hydrogen (secondary N) is 1. The molecular weight excluding hydrogens is 424 g/mol. The van der Waals surface area contributed by atoms with Gasteiger partial charge in [-0.05, 0) is 55.3 Å². The lowest BCUT2D eigenvalue weighted by Gasteiger charge is -2.13. The van der Waals surface area contributed by atoms with E-state index in [-0.39, 0.29) is 5.91 Å². The van der Waals surface area contributed by atoms with Gasteiger partial charge < -0.3 is 14.5 Å². The highest BCUT2D eigenvalue weighted by atomic mass is 16.5. The standard InChI is InChI=1S/C29H24N2O3/c1-18(15-27(32)31-26-13-7-12-25-21(26)11-8-14-30-25)22-16-23-24(20-9-5-4-6-10-20)17-34-29(23)19(2)28(22)33-3/h4-17H,1-3H3,(H,31,32)/b18-15+. The van der Waals surface area contributed by atoms with Crippen molar-refractivity contribution in [1.82, 2.24) is 4.98 Å². The Hall–Kier alpha value is -4.38. The van der Waals surface area contributed by atoms with Gasteiger partial charge in [0.05, 0.1) is 24.6 Å². The summed E-state index contributed by atoms with van der Waals surface area (Å²) in [6, 6.07) is 21.6. The highest BCUT2D eigenvalue weighted by Gasteiger charge is 2.19. The second-order valence-electron chi connectivity index (χ2n) is 8.17. The molecule has 1 N–H and O–H groups in total. The second-order valence-corrected chi connectivity index (χ2v) is 8.17. The topological polar surface area (TPSA) is 64.4 Å². The number of anilines is 1. The molecule has 5 rings (SSSR count). The first-order valence-electron chi connectivity index (χ1n) is 11.0. The molecule has 168 valence electrons. The van der Waals surface area contributed by atoms with Crippen molar-refractivity contribution in [3.63, 3.8) is 0 Å². The van der Waals surface area contributed by atoms with E-state index in [0.29, 0.717) is 5.75 Å². The van der Waals surface area contributed by atoms with Gasteiger partial charge in [-0.1, -0.05) is 36.4 Å². The Morgan fingerprint density at radius 1 is 1.03 bits per heavy atom. The number of furan rings is 1. The fourth-order valence-electron chi connectivity index (χ4n) is 4.37. The van der Waals surface area contributed by atoms with E-state index in [1.165, 1.54) is 0 Å². The predicted octanol–water partition coefficient (Wildman–Crippen LogP) is 7.01. The van der Waals surface area contributed by atoms with Crippen LogP contribution < -0.4 is 10.1 Å². The number of amides is 1. The van der Waals surface area contributed by atoms with Crippen molar-refractivity contribution in [2.45, 2.75) is 13.8 Å². The van der Waals surface area contributed by atoms with Gasteiger partial charge in [0, 0.05) is 39.7 Å². The third-order valence-electron chi connectivity index (χ3n) is 6.01. The lowest BCUT2D eigenvalue weighted by molar-refractivity contribution is -0.111. The number of hydrogen-bond acceptors (Lipinski definition) is 4. The first-order valence-corrected chi connectivity index (χ1v) is 11.0. The lowest BCUT2D eigenvalue weighted by atomic mass is 9.96. The Labute approximate surface area is 197 Å². The fourth-order valence-corrected chi connectivity index (χ4v) is 4.37. The Morgan fingerprint density at radius 2 is 1.85 bits per heavy atom. The number of aromatic nitrogens is 1. The number of pyridine rings is 1. The van der Waals surface area contributed by atoms with Crippen molar-refractivity contribution in [2.75, 3.05) is 12.4 Å². The molecule has 0 fully saturated rings. The van der Waals surface area contributed by atoms with E-state index in [2.05, 4.69) is 22.4 Å². The van der Waals surface area contributed by atoms with Gasteiger partial charge in [-0.25, -0.2) is 0 Å². The molecule has 5 heteroatoms. The summed E-state index contributed by atoms with van der Waals surface area (Å²) < 4.78 is 11.7. The van der Waals surface area contributed by atoms with Crippen molar-refractivity contribution in [1.29, 1.82) is 0 Å². The molecule has 3 aromatic carbocycles. The van der Waals surface area contributed by atoms with Gasteiger partial charge in [0.25, 0.3) is 0 Å². The summed E-state index contributed by atoms with van der Waals surface area (Å²) in [5.41, 5.74) is 6.93. The first kappa shape index (κ1) is 21.5. The number of allylic oxidation sites excluding steroid dienone is 1. The molecule has 2 aromatic heterocycles. The molecular formula is C29H24N2O3. The maximum atomic E-state index is 13.0. The van der Waals surface area contributed by atoms with E-state index in [1.54, 1.807) is 25.6 Å². The number of hydrogen-bond donors (Lipinski definition) is 1. The van der Waals surface area contributed by atoms with Crippen molar-refractivity contribution in [3.05, 3.63) is 96.4 Å². The zero-order valence-electron chi connectivity index (χ0n) is 19.3. The molecule has 5 aromatic rings. The summed E-state index contributed by atoms with van der Waals surface area (Å²) in [4.78, 5) is 17.3. The number of aryl methyl sites for hydroxylation is 1. The van der Waals surface area contributed by atoms with Crippen molar-refractivity contribution >= 4 is 39.0 Å². The number of carbonyl (C=O) groups is 1. The summed E-state index contributed by atoms with van der Waals surface area (Å²) in [6.07, 6.45) is 5.11. The normalized spacial score (nSPS) is 11.7. The number of methoxy groups -OCH3 is 1. The van der Waals surface area contributed by atoms with Crippen molar-refractivity contribution < 1.29 is 13.9 Å². The van der Waals surface area contributed by atoms with E-state index in [9.17, 15) is 4.79 Å². The molecule has 0 atom stereocenters. The van der Waals surface area contributed by atoms with E-state index in [0.717, 1.165) is 55.4 Å². The van der Waals surface area contributed by atoms with Crippen LogP contribution in [0.4, 0.5) is 5.69 Å². The Bertz CT molecular complexity index is 1540. The first-order chi connectivity index (χ1) is 16.6. The van der Waals surface area contributed by atoms with Gasteiger partial charge in [-0.3, -0.25) is 9.78 Å². The summed E-state index contributed by atoms with van der Waals surface area (Å²) in [5, 5.41) is 4.87. The van der Waals surface area contributed by atoms with Crippen LogP contribution in [-0.2, 0) is 4.79 Å². The summed E-state index contributed by atoms with van der Waals surface area (Å²) in [7, 11) is 1.63. The van der Waals surface area contributed by atoms with Crippen molar-refractivity contribution in [2.24, 2.45) is 0 Å². The third-order valence-corrected chi connectivity index (χ3v) is 6.01. The molecule has 0 bridgehead atoms. The molecule has 34 heavy (non-hydrogen) atoms. The monoisotopic (exact) mass is 448 g/mol. The number of benzene rings is 3. The molecule has 0 aliphatic heterocycles. The minimum atomic E-state index is -0.218. The smallest absolute Gasteiger partial charge is 0.248 e. The molecule has 5 nitrogen and oxygen atoms in total. The minimum Gasteiger partial charge on any atom is -0.496 e. The maximum absolute atomic E-state index is 13.0. The van der Waals surface area contributed by atoms with E-state index in [4.69, 9.17) is 9.15 Å². The molecule has 0 aliphatic rings. The third kappa shape index (κ3) is 3.82. The molecule has 0 saturated carbocycles. The average Bonchev–Trinajstić information content (AvgIpc) is 3.29. The number of carbonyl (C=O) groups excluding carboxylic acids is 1. The van der Waals surface area contributed by atoms with E-state index >= 15 is 0 Å². The van der Waals surface area contributed by atoms with Crippen LogP contribution >= 0.6 is 0 Å². The van der Waals surface area contributed by atoms with Gasteiger partial charge in [0.2, 0.25) is 5.91 Å². The highest BCUT2D eigenvalue weighted by molar-refractivity contribution is 6.09. The number of rotatable bonds is 5. The number of nitrogens with zero attached hydrogens (tertiary/aromatic N) is 1. The minimum absolute atomic E-state index is 0.218. The van der Waals surface area contributed by atoms with Crippen LogP contribution in [0.15, 0.2) is 89.7 Å². The molecule has 0 saturated heterocycles. The van der Waals surface area contributed by atoms with Crippen LogP contribution in [0.2, 0.25) is 0 Å². The fraction of sp³-hybridized carbons (Fsp3) is 0.103. The second kappa shape index (κ2) is 8.87. The van der Waals surface area contributed by atoms with Crippen LogP contribution in [0.1, 0.15) is 18.1 Å². The summed E-state index contributed by atoms with van der Waals surface area (Å²) in [5.74, 6) is 0.474. The average molecular weight is 449 g/mol. The van der Waals surface area contributed by atoms with Gasteiger partial charge in [0.15, 0.2) is 0 Å². The Kier molecular flexibility index (Phi) is 5.60. The lowest BCUT2D eigenvalue weighted by Crippen LogP contribution is -2.09. The van der Waals surface area contributed by atoms with Crippen LogP contribution in [0.3, 0.4) is 0 Å². The predicted molar refractivity (Wildman–Crippen MR) is 137 cm³/mol. The van der Waals surface area contributed by atoms with Gasteiger partial charge in [-0.2, -0.15) is 0 Å². The van der Waals surface area contributed by atoms with Crippen LogP contribution in [0, 0.1) is 6.92 Å². The molecule has 2 heterocycles. The Morgan fingerprint density at radius 3 is 2.65 bits per heavy atom. The number of ether oxygens (including phenoxy) is 1. The maximum Gasteiger partial charge on any atom is 0.248 e. The van der Waals surface area contributed by atoms with Crippen LogP contribution in [0.5, 0.6) is 5.75 Å². The summed E-state index contributed by atoms with van der Waals surface area (Å²) >= 11 is 0. The molecule has 0 aliphatic carbocycles. The quantitative estimate of drug-likeness (QED) is 0.294. The number of fused-ring (bicyclic) bond motifs is 2. The largest absolute Gasteiger partial charge is 0.496 e.